The van der Waals surface area contributed by atoms with Gasteiger partial charge in [-0.05, 0) is 36.1 Å². The first kappa shape index (κ1) is 17.2. The van der Waals surface area contributed by atoms with Crippen LogP contribution < -0.4 is 10.0 Å². The zero-order chi connectivity index (χ0) is 16.7. The number of terminal acetylenes is 1. The van der Waals surface area contributed by atoms with E-state index in [1.54, 1.807) is 17.4 Å². The predicted molar refractivity (Wildman–Crippen MR) is 90.8 cm³/mol. The topological polar surface area (TPSA) is 75.3 Å². The fraction of sp³-hybridized carbons (Fsp3) is 0.188. The van der Waals surface area contributed by atoms with E-state index in [9.17, 15) is 13.2 Å². The summed E-state index contributed by atoms with van der Waals surface area (Å²) in [7, 11) is -3.71. The van der Waals surface area contributed by atoms with Crippen LogP contribution in [0.25, 0.3) is 0 Å². The summed E-state index contributed by atoms with van der Waals surface area (Å²) in [6.45, 7) is 0.394. The van der Waals surface area contributed by atoms with Gasteiger partial charge in [-0.15, -0.1) is 17.8 Å². The molecule has 1 aromatic carbocycles. The number of carbonyl (C=O) groups excluding carboxylic acids is 1. The van der Waals surface area contributed by atoms with Crippen LogP contribution in [0.5, 0.6) is 0 Å². The van der Waals surface area contributed by atoms with E-state index in [4.69, 9.17) is 6.42 Å². The van der Waals surface area contributed by atoms with Crippen molar-refractivity contribution in [1.82, 2.24) is 10.0 Å². The molecule has 0 atom stereocenters. The van der Waals surface area contributed by atoms with Crippen LogP contribution in [0.1, 0.15) is 15.2 Å². The van der Waals surface area contributed by atoms with Crippen molar-refractivity contribution in [3.63, 3.8) is 0 Å². The van der Waals surface area contributed by atoms with Gasteiger partial charge in [-0.25, -0.2) is 8.42 Å². The molecule has 5 nitrogen and oxygen atoms in total. The van der Waals surface area contributed by atoms with Crippen molar-refractivity contribution in [2.75, 3.05) is 13.1 Å². The Hall–Kier alpha value is -2.14. The van der Waals surface area contributed by atoms with Gasteiger partial charge in [0.1, 0.15) is 0 Å². The van der Waals surface area contributed by atoms with Crippen LogP contribution in [0.4, 0.5) is 0 Å². The Morgan fingerprint density at radius 3 is 2.78 bits per heavy atom. The molecule has 1 amide bonds. The summed E-state index contributed by atoms with van der Waals surface area (Å²) >= 11 is 1.63. The second-order valence-electron chi connectivity index (χ2n) is 4.64. The fourth-order valence-electron chi connectivity index (χ4n) is 1.88. The molecule has 0 saturated heterocycles. The Bertz CT molecular complexity index is 806. The number of amides is 1. The summed E-state index contributed by atoms with van der Waals surface area (Å²) in [5.41, 5.74) is 0.291. The van der Waals surface area contributed by atoms with E-state index in [0.29, 0.717) is 12.1 Å². The van der Waals surface area contributed by atoms with Crippen LogP contribution in [0.3, 0.4) is 0 Å². The van der Waals surface area contributed by atoms with Gasteiger partial charge in [0.05, 0.1) is 11.4 Å². The molecule has 0 unspecified atom stereocenters. The molecule has 2 rings (SSSR count). The van der Waals surface area contributed by atoms with Crippen LogP contribution in [0, 0.1) is 12.3 Å². The highest BCUT2D eigenvalue weighted by atomic mass is 32.2. The third kappa shape index (κ3) is 4.93. The average molecular weight is 348 g/mol. The normalized spacial score (nSPS) is 10.9. The van der Waals surface area contributed by atoms with Gasteiger partial charge in [0.25, 0.3) is 5.91 Å². The molecule has 0 aliphatic heterocycles. The molecular formula is C16H16N2O3S2. The number of sulfonamides is 1. The van der Waals surface area contributed by atoms with Crippen molar-refractivity contribution in [2.24, 2.45) is 0 Å². The largest absolute Gasteiger partial charge is 0.352 e. The maximum atomic E-state index is 12.1. The Morgan fingerprint density at radius 2 is 2.09 bits per heavy atom. The van der Waals surface area contributed by atoms with Gasteiger partial charge < -0.3 is 5.32 Å². The highest BCUT2D eigenvalue weighted by molar-refractivity contribution is 7.89. The summed E-state index contributed by atoms with van der Waals surface area (Å²) in [6, 6.07) is 9.81. The molecule has 0 aliphatic carbocycles. The number of thiophene rings is 1. The summed E-state index contributed by atoms with van der Waals surface area (Å²) in [4.78, 5) is 13.3. The van der Waals surface area contributed by atoms with Crippen LogP contribution in [-0.4, -0.2) is 27.4 Å². The molecule has 0 radical (unpaired) electrons. The van der Waals surface area contributed by atoms with E-state index in [-0.39, 0.29) is 17.3 Å². The minimum Gasteiger partial charge on any atom is -0.352 e. The summed E-state index contributed by atoms with van der Waals surface area (Å²) < 4.78 is 26.3. The van der Waals surface area contributed by atoms with Crippen molar-refractivity contribution in [3.05, 3.63) is 52.2 Å². The first-order chi connectivity index (χ1) is 11.0. The van der Waals surface area contributed by atoms with Crippen LogP contribution in [0.15, 0.2) is 46.7 Å². The molecule has 1 aromatic heterocycles. The van der Waals surface area contributed by atoms with Gasteiger partial charge in [0, 0.05) is 17.0 Å². The lowest BCUT2D eigenvalue weighted by Gasteiger charge is -2.07. The van der Waals surface area contributed by atoms with Crippen molar-refractivity contribution < 1.29 is 13.2 Å². The number of benzene rings is 1. The Kier molecular flexibility index (Phi) is 5.93. The predicted octanol–water partition coefficient (Wildman–Crippen LogP) is 1.63. The van der Waals surface area contributed by atoms with Gasteiger partial charge >= 0.3 is 0 Å². The Morgan fingerprint density at radius 1 is 1.26 bits per heavy atom. The highest BCUT2D eigenvalue weighted by Crippen LogP contribution is 2.12. The van der Waals surface area contributed by atoms with E-state index in [1.807, 2.05) is 17.5 Å². The lowest BCUT2D eigenvalue weighted by Crippen LogP contribution is -2.27. The van der Waals surface area contributed by atoms with Crippen LogP contribution in [0.2, 0.25) is 0 Å². The minimum absolute atomic E-state index is 0.0126. The zero-order valence-electron chi connectivity index (χ0n) is 12.3. The quantitative estimate of drug-likeness (QED) is 0.747. The summed E-state index contributed by atoms with van der Waals surface area (Å²) in [6.07, 6.45) is 5.79. The SMILES string of the molecule is C#CCNS(=O)(=O)c1cccc(C(=O)NCCc2cccs2)c1. The first-order valence-electron chi connectivity index (χ1n) is 6.87. The number of hydrogen-bond donors (Lipinski definition) is 2. The van der Waals surface area contributed by atoms with Crippen molar-refractivity contribution in [2.45, 2.75) is 11.3 Å². The second-order valence-corrected chi connectivity index (χ2v) is 7.44. The van der Waals surface area contributed by atoms with Gasteiger partial charge in [-0.2, -0.15) is 4.72 Å². The fourth-order valence-corrected chi connectivity index (χ4v) is 3.57. The molecule has 0 fully saturated rings. The molecule has 2 aromatic rings. The maximum Gasteiger partial charge on any atom is 0.251 e. The van der Waals surface area contributed by atoms with E-state index in [1.165, 1.54) is 23.1 Å². The first-order valence-corrected chi connectivity index (χ1v) is 9.23. The second kappa shape index (κ2) is 7.92. The molecule has 0 bridgehead atoms. The van der Waals surface area contributed by atoms with Crippen molar-refractivity contribution in [1.29, 1.82) is 0 Å². The van der Waals surface area contributed by atoms with Gasteiger partial charge in [-0.3, -0.25) is 4.79 Å². The molecule has 120 valence electrons. The van der Waals surface area contributed by atoms with Crippen LogP contribution >= 0.6 is 11.3 Å². The smallest absolute Gasteiger partial charge is 0.251 e. The molecule has 0 spiro atoms. The third-order valence-electron chi connectivity index (χ3n) is 3.01. The van der Waals surface area contributed by atoms with Gasteiger partial charge in [0.15, 0.2) is 0 Å². The van der Waals surface area contributed by atoms with E-state index in [0.717, 1.165) is 6.42 Å². The van der Waals surface area contributed by atoms with E-state index >= 15 is 0 Å². The number of carbonyl (C=O) groups is 1. The molecule has 2 N–H and O–H groups in total. The van der Waals surface area contributed by atoms with Gasteiger partial charge in [-0.1, -0.05) is 18.1 Å². The minimum atomic E-state index is -3.71. The lowest BCUT2D eigenvalue weighted by molar-refractivity contribution is 0.0954. The molecule has 0 saturated carbocycles. The highest BCUT2D eigenvalue weighted by Gasteiger charge is 2.15. The average Bonchev–Trinajstić information content (AvgIpc) is 3.06. The number of nitrogens with one attached hydrogen (secondary N) is 2. The maximum absolute atomic E-state index is 12.1. The molecule has 1 heterocycles. The lowest BCUT2D eigenvalue weighted by atomic mass is 10.2. The molecule has 23 heavy (non-hydrogen) atoms. The van der Waals surface area contributed by atoms with Crippen molar-refractivity contribution in [3.8, 4) is 12.3 Å². The molecule has 7 heteroatoms. The van der Waals surface area contributed by atoms with Crippen LogP contribution in [-0.2, 0) is 16.4 Å². The number of hydrogen-bond acceptors (Lipinski definition) is 4. The summed E-state index contributed by atoms with van der Waals surface area (Å²) in [5, 5.41) is 4.76. The third-order valence-corrected chi connectivity index (χ3v) is 5.34. The monoisotopic (exact) mass is 348 g/mol. The molecule has 0 aliphatic rings. The van der Waals surface area contributed by atoms with E-state index in [2.05, 4.69) is 16.0 Å². The summed E-state index contributed by atoms with van der Waals surface area (Å²) in [5.74, 6) is 1.89. The Labute approximate surface area is 139 Å². The van der Waals surface area contributed by atoms with Gasteiger partial charge in [0.2, 0.25) is 10.0 Å². The zero-order valence-corrected chi connectivity index (χ0v) is 13.9. The standard InChI is InChI=1S/C16H16N2O3S2/c1-2-9-18-23(20,21)15-7-3-5-13(12-15)16(19)17-10-8-14-6-4-11-22-14/h1,3-7,11-12,18H,8-10H2,(H,17,19). The van der Waals surface area contributed by atoms with Crippen molar-refractivity contribution >= 4 is 27.3 Å². The Balaban J connectivity index is 2.01. The van der Waals surface area contributed by atoms with E-state index < -0.39 is 10.0 Å². The number of rotatable bonds is 7. The molecular weight excluding hydrogens is 332 g/mol.